The highest BCUT2D eigenvalue weighted by atomic mass is 32.2. The van der Waals surface area contributed by atoms with Crippen LogP contribution in [-0.4, -0.2) is 17.7 Å². The number of nitrogens with one attached hydrogen (secondary N) is 1. The van der Waals surface area contributed by atoms with Gasteiger partial charge in [-0.3, -0.25) is 0 Å². The molecule has 12 heavy (non-hydrogen) atoms. The average molecular weight is 189 g/mol. The van der Waals surface area contributed by atoms with Crippen LogP contribution < -0.4 is 5.73 Å². The Labute approximate surface area is 78.0 Å². The van der Waals surface area contributed by atoms with Crippen LogP contribution in [0.3, 0.4) is 0 Å². The van der Waals surface area contributed by atoms with Gasteiger partial charge in [-0.25, -0.2) is 5.87 Å². The van der Waals surface area contributed by atoms with E-state index >= 15 is 0 Å². The smallest absolute Gasteiger partial charge is 0.00388 e. The zero-order valence-electron chi connectivity index (χ0n) is 8.01. The van der Waals surface area contributed by atoms with E-state index in [1.807, 2.05) is 6.92 Å². The first-order chi connectivity index (χ1) is 5.66. The lowest BCUT2D eigenvalue weighted by Crippen LogP contribution is -2.22. The lowest BCUT2D eigenvalue weighted by molar-refractivity contribution is 0.441. The van der Waals surface area contributed by atoms with E-state index in [4.69, 9.17) is 10.5 Å². The van der Waals surface area contributed by atoms with Crippen molar-refractivity contribution >= 4 is 16.2 Å². The minimum atomic E-state index is -0.323. The fourth-order valence-electron chi connectivity index (χ4n) is 1.13. The largest absolute Gasteiger partial charge is 0.450 e. The molecule has 1 saturated carbocycles. The summed E-state index contributed by atoms with van der Waals surface area (Å²) < 4.78 is 6.74. The average Bonchev–Trinajstić information content (AvgIpc) is 2.07. The Morgan fingerprint density at radius 2 is 1.83 bits per heavy atom. The Balaban J connectivity index is 0.000000217. The lowest BCUT2D eigenvalue weighted by Gasteiger charge is -2.15. The second-order valence-electron chi connectivity index (χ2n) is 3.18. The van der Waals surface area contributed by atoms with Crippen LogP contribution in [0.25, 0.3) is 0 Å². The molecular weight excluding hydrogens is 168 g/mol. The maximum absolute atomic E-state index is 6.74. The number of hydrogen-bond acceptors (Lipinski definition) is 3. The van der Waals surface area contributed by atoms with E-state index in [1.165, 1.54) is 32.1 Å². The normalized spacial score (nSPS) is 18.6. The Hall–Kier alpha value is -0.0200. The fourth-order valence-corrected chi connectivity index (χ4v) is 1.13. The molecule has 1 aliphatic carbocycles. The van der Waals surface area contributed by atoms with Crippen molar-refractivity contribution in [1.29, 1.82) is 4.78 Å². The summed E-state index contributed by atoms with van der Waals surface area (Å²) >= 11 is 0. The summed E-state index contributed by atoms with van der Waals surface area (Å²) in [6.45, 7) is 1.96. The van der Waals surface area contributed by atoms with Crippen molar-refractivity contribution in [1.82, 2.24) is 0 Å². The quantitative estimate of drug-likeness (QED) is 0.481. The van der Waals surface area contributed by atoms with Crippen LogP contribution in [-0.2, 0) is 10.3 Å². The molecule has 0 aromatic rings. The molecule has 2 nitrogen and oxygen atoms in total. The van der Waals surface area contributed by atoms with E-state index in [9.17, 15) is 0 Å². The first-order valence-electron chi connectivity index (χ1n) is 4.64. The molecule has 0 aliphatic heterocycles. The molecule has 74 valence electrons. The standard InChI is InChI=1S/C6H13N.C3H8NS/c7-6-4-2-1-3-5-6;1-3-5(2)4/h6H,1-5,7H2;4H,2-3H2,1H3/q;-1. The van der Waals surface area contributed by atoms with Crippen LogP contribution in [0.15, 0.2) is 0 Å². The molecule has 0 heterocycles. The van der Waals surface area contributed by atoms with E-state index < -0.39 is 0 Å². The van der Waals surface area contributed by atoms with Crippen LogP contribution in [0, 0.1) is 4.78 Å². The second-order valence-corrected chi connectivity index (χ2v) is 4.74. The molecule has 3 N–H and O–H groups in total. The van der Waals surface area contributed by atoms with Gasteiger partial charge in [0, 0.05) is 6.04 Å². The summed E-state index contributed by atoms with van der Waals surface area (Å²) in [4.78, 5) is 0. The Morgan fingerprint density at radius 1 is 1.42 bits per heavy atom. The zero-order chi connectivity index (χ0) is 9.40. The van der Waals surface area contributed by atoms with Gasteiger partial charge in [-0.05, 0) is 12.8 Å². The van der Waals surface area contributed by atoms with E-state index in [-0.39, 0.29) is 10.3 Å². The van der Waals surface area contributed by atoms with Crippen LogP contribution >= 0.6 is 0 Å². The highest BCUT2D eigenvalue weighted by molar-refractivity contribution is 7.83. The van der Waals surface area contributed by atoms with Crippen molar-refractivity contribution in [2.75, 3.05) is 5.75 Å². The molecule has 0 atom stereocenters. The van der Waals surface area contributed by atoms with Crippen molar-refractivity contribution < 1.29 is 0 Å². The molecule has 0 aromatic heterocycles. The molecule has 0 unspecified atom stereocenters. The zero-order valence-corrected chi connectivity index (χ0v) is 8.83. The lowest BCUT2D eigenvalue weighted by atomic mass is 9.97. The van der Waals surface area contributed by atoms with Gasteiger partial charge < -0.3 is 20.8 Å². The van der Waals surface area contributed by atoms with Crippen molar-refractivity contribution in [2.45, 2.75) is 45.1 Å². The molecule has 0 bridgehead atoms. The maximum atomic E-state index is 6.74. The minimum absolute atomic E-state index is 0.323. The van der Waals surface area contributed by atoms with E-state index in [0.717, 1.165) is 5.75 Å². The van der Waals surface area contributed by atoms with Crippen molar-refractivity contribution in [3.63, 3.8) is 0 Å². The van der Waals surface area contributed by atoms with Gasteiger partial charge in [0.2, 0.25) is 0 Å². The third kappa shape index (κ3) is 8.08. The van der Waals surface area contributed by atoms with Gasteiger partial charge in [0.1, 0.15) is 0 Å². The molecule has 1 aliphatic rings. The SMILES string of the molecule is C=[S-](=N)CC.NC1CCCCC1. The highest BCUT2D eigenvalue weighted by Gasteiger charge is 2.06. The van der Waals surface area contributed by atoms with E-state index in [2.05, 4.69) is 5.87 Å². The van der Waals surface area contributed by atoms with Gasteiger partial charge in [0.25, 0.3) is 0 Å². The molecule has 1 fully saturated rings. The summed E-state index contributed by atoms with van der Waals surface area (Å²) in [5.41, 5.74) is 5.63. The summed E-state index contributed by atoms with van der Waals surface area (Å²) in [5, 5.41) is 0. The first-order valence-corrected chi connectivity index (χ1v) is 6.20. The Kier molecular flexibility index (Phi) is 7.61. The van der Waals surface area contributed by atoms with Gasteiger partial charge in [0.05, 0.1) is 0 Å². The maximum Gasteiger partial charge on any atom is 0.00388 e. The van der Waals surface area contributed by atoms with Crippen molar-refractivity contribution in [3.05, 3.63) is 0 Å². The molecule has 0 amide bonds. The number of hydrogen-bond donors (Lipinski definition) is 2. The van der Waals surface area contributed by atoms with E-state index in [1.54, 1.807) is 0 Å². The Bertz CT molecular complexity index is 150. The monoisotopic (exact) mass is 189 g/mol. The third-order valence-electron chi connectivity index (χ3n) is 2.00. The summed E-state index contributed by atoms with van der Waals surface area (Å²) in [6, 6.07) is 0.536. The van der Waals surface area contributed by atoms with Crippen molar-refractivity contribution in [3.8, 4) is 0 Å². The van der Waals surface area contributed by atoms with E-state index in [0.29, 0.717) is 6.04 Å². The predicted octanol–water partition coefficient (Wildman–Crippen LogP) is 2.10. The number of rotatable bonds is 1. The topological polar surface area (TPSA) is 49.9 Å². The van der Waals surface area contributed by atoms with Crippen molar-refractivity contribution in [2.24, 2.45) is 5.73 Å². The van der Waals surface area contributed by atoms with Crippen LogP contribution in [0.4, 0.5) is 0 Å². The third-order valence-corrected chi connectivity index (χ3v) is 2.70. The molecule has 0 saturated heterocycles. The summed E-state index contributed by atoms with van der Waals surface area (Å²) in [5.74, 6) is 4.34. The minimum Gasteiger partial charge on any atom is -0.450 e. The molecule has 0 radical (unpaired) electrons. The van der Waals surface area contributed by atoms with Gasteiger partial charge in [0.15, 0.2) is 0 Å². The molecular formula is C9H21N2S-. The predicted molar refractivity (Wildman–Crippen MR) is 58.8 cm³/mol. The van der Waals surface area contributed by atoms with Gasteiger partial charge >= 0.3 is 0 Å². The fraction of sp³-hybridized carbons (Fsp3) is 0.889. The highest BCUT2D eigenvalue weighted by Crippen LogP contribution is 2.14. The van der Waals surface area contributed by atoms with Gasteiger partial charge in [-0.1, -0.05) is 26.2 Å². The summed E-state index contributed by atoms with van der Waals surface area (Å²) in [7, 11) is -0.323. The van der Waals surface area contributed by atoms with Crippen LogP contribution in [0.2, 0.25) is 0 Å². The molecule has 1 rings (SSSR count). The van der Waals surface area contributed by atoms with Crippen LogP contribution in [0.5, 0.6) is 0 Å². The van der Waals surface area contributed by atoms with Crippen LogP contribution in [0.1, 0.15) is 39.0 Å². The first kappa shape index (κ1) is 12.0. The molecule has 3 heteroatoms. The summed E-state index contributed by atoms with van der Waals surface area (Å²) in [6.07, 6.45) is 6.66. The second kappa shape index (κ2) is 7.62. The molecule has 0 spiro atoms. The molecule has 0 aromatic carbocycles. The van der Waals surface area contributed by atoms with Gasteiger partial charge in [-0.15, -0.1) is 5.75 Å². The van der Waals surface area contributed by atoms with Gasteiger partial charge in [-0.2, -0.15) is 0 Å². The Morgan fingerprint density at radius 3 is 2.00 bits per heavy atom. The number of nitrogens with two attached hydrogens (primary N) is 1.